The Labute approximate surface area is 104 Å². The van der Waals surface area contributed by atoms with Crippen LogP contribution in [0.4, 0.5) is 0 Å². The first-order valence-electron chi connectivity index (χ1n) is 5.08. The predicted molar refractivity (Wildman–Crippen MR) is 70.9 cm³/mol. The van der Waals surface area contributed by atoms with Crippen LogP contribution in [0.15, 0.2) is 36.7 Å². The van der Waals surface area contributed by atoms with Crippen LogP contribution >= 0.6 is 11.6 Å². The van der Waals surface area contributed by atoms with Crippen molar-refractivity contribution in [3.63, 3.8) is 0 Å². The smallest absolute Gasteiger partial charge is 0.129 e. The van der Waals surface area contributed by atoms with Crippen molar-refractivity contribution in [3.8, 4) is 0 Å². The molecule has 0 fully saturated rings. The van der Waals surface area contributed by atoms with Crippen LogP contribution in [-0.4, -0.2) is 17.0 Å². The summed E-state index contributed by atoms with van der Waals surface area (Å²) in [6, 6.07) is 7.69. The van der Waals surface area contributed by atoms with Gasteiger partial charge in [0.2, 0.25) is 0 Å². The van der Waals surface area contributed by atoms with Gasteiger partial charge in [-0.25, -0.2) is 10.8 Å². The van der Waals surface area contributed by atoms with Crippen LogP contribution in [0.5, 0.6) is 0 Å². The van der Waals surface area contributed by atoms with E-state index < -0.39 is 0 Å². The van der Waals surface area contributed by atoms with Gasteiger partial charge in [0.15, 0.2) is 0 Å². The molecule has 0 aliphatic heterocycles. The van der Waals surface area contributed by atoms with Gasteiger partial charge in [-0.1, -0.05) is 23.7 Å². The third-order valence-corrected chi connectivity index (χ3v) is 2.73. The molecule has 2 aromatic rings. The molecule has 2 rings (SSSR count). The Morgan fingerprint density at radius 1 is 1.35 bits per heavy atom. The second-order valence-corrected chi connectivity index (χ2v) is 4.12. The molecule has 0 bridgehead atoms. The van der Waals surface area contributed by atoms with Crippen molar-refractivity contribution >= 4 is 28.1 Å². The number of hydrazine groups is 1. The normalized spacial score (nSPS) is 11.8. The van der Waals surface area contributed by atoms with Crippen molar-refractivity contribution in [2.75, 3.05) is 7.05 Å². The lowest BCUT2D eigenvalue weighted by atomic mass is 10.1. The van der Waals surface area contributed by atoms with Crippen LogP contribution in [0.1, 0.15) is 5.56 Å². The number of fused-ring (bicyclic) bond motifs is 1. The standard InChI is InChI=1S/C12H13ClN4/c1-17(15)11(6-14)8-2-3-9-7-16-12(13)5-10(9)4-8/h2-7H,14-15H2,1H3/b11-6-. The van der Waals surface area contributed by atoms with Gasteiger partial charge in [0.1, 0.15) is 5.15 Å². The second kappa shape index (κ2) is 4.61. The molecule has 0 amide bonds. The molecule has 1 aromatic carbocycles. The van der Waals surface area contributed by atoms with E-state index in [-0.39, 0.29) is 0 Å². The van der Waals surface area contributed by atoms with Gasteiger partial charge in [-0.3, -0.25) is 0 Å². The minimum absolute atomic E-state index is 0.467. The highest BCUT2D eigenvalue weighted by molar-refractivity contribution is 6.30. The summed E-state index contributed by atoms with van der Waals surface area (Å²) >= 11 is 5.86. The van der Waals surface area contributed by atoms with E-state index in [1.54, 1.807) is 13.2 Å². The monoisotopic (exact) mass is 248 g/mol. The molecule has 1 heterocycles. The fourth-order valence-electron chi connectivity index (χ4n) is 1.69. The lowest BCUT2D eigenvalue weighted by Crippen LogP contribution is -2.24. The van der Waals surface area contributed by atoms with Crippen LogP contribution in [0.25, 0.3) is 16.5 Å². The van der Waals surface area contributed by atoms with Gasteiger partial charge in [0.25, 0.3) is 0 Å². The summed E-state index contributed by atoms with van der Waals surface area (Å²) in [6.45, 7) is 0. The molecule has 1 aromatic heterocycles. The summed E-state index contributed by atoms with van der Waals surface area (Å²) in [6.07, 6.45) is 3.21. The van der Waals surface area contributed by atoms with Crippen molar-refractivity contribution in [1.82, 2.24) is 9.99 Å². The summed E-state index contributed by atoms with van der Waals surface area (Å²) in [7, 11) is 1.74. The zero-order valence-corrected chi connectivity index (χ0v) is 10.1. The molecule has 5 heteroatoms. The first kappa shape index (κ1) is 11.7. The molecule has 0 atom stereocenters. The van der Waals surface area contributed by atoms with Crippen molar-refractivity contribution in [1.29, 1.82) is 0 Å². The van der Waals surface area contributed by atoms with Gasteiger partial charge in [-0.05, 0) is 17.5 Å². The average molecular weight is 249 g/mol. The average Bonchev–Trinajstić information content (AvgIpc) is 2.29. The van der Waals surface area contributed by atoms with Crippen LogP contribution in [-0.2, 0) is 0 Å². The fourth-order valence-corrected chi connectivity index (χ4v) is 1.86. The highest BCUT2D eigenvalue weighted by Crippen LogP contribution is 2.22. The molecule has 4 nitrogen and oxygen atoms in total. The largest absolute Gasteiger partial charge is 0.403 e. The molecule has 88 valence electrons. The molecule has 0 aliphatic rings. The fraction of sp³-hybridized carbons (Fsp3) is 0.0833. The molecule has 0 saturated carbocycles. The van der Waals surface area contributed by atoms with Crippen LogP contribution < -0.4 is 11.6 Å². The van der Waals surface area contributed by atoms with Crippen molar-refractivity contribution in [3.05, 3.63) is 47.4 Å². The second-order valence-electron chi connectivity index (χ2n) is 3.73. The molecule has 4 N–H and O–H groups in total. The predicted octanol–water partition coefficient (Wildman–Crippen LogP) is 1.95. The van der Waals surface area contributed by atoms with Gasteiger partial charge >= 0.3 is 0 Å². The van der Waals surface area contributed by atoms with E-state index >= 15 is 0 Å². The Bertz CT molecular complexity index is 578. The van der Waals surface area contributed by atoms with Crippen LogP contribution in [0.2, 0.25) is 5.15 Å². The lowest BCUT2D eigenvalue weighted by Gasteiger charge is -2.16. The molecule has 0 aliphatic carbocycles. The zero-order valence-electron chi connectivity index (χ0n) is 9.39. The zero-order chi connectivity index (χ0) is 12.4. The molecule has 17 heavy (non-hydrogen) atoms. The number of nitrogens with two attached hydrogens (primary N) is 2. The highest BCUT2D eigenvalue weighted by Gasteiger charge is 2.05. The summed E-state index contributed by atoms with van der Waals surface area (Å²) < 4.78 is 0. The molecule has 0 radical (unpaired) electrons. The quantitative estimate of drug-likeness (QED) is 0.484. The van der Waals surface area contributed by atoms with Gasteiger partial charge in [-0.2, -0.15) is 0 Å². The van der Waals surface area contributed by atoms with Crippen LogP contribution in [0, 0.1) is 0 Å². The Hall–Kier alpha value is -1.78. The maximum atomic E-state index is 5.86. The molecule has 0 spiro atoms. The van der Waals surface area contributed by atoms with Crippen molar-refractivity contribution in [2.45, 2.75) is 0 Å². The van der Waals surface area contributed by atoms with Gasteiger partial charge < -0.3 is 10.7 Å². The maximum Gasteiger partial charge on any atom is 0.129 e. The third-order valence-electron chi connectivity index (χ3n) is 2.52. The molecular formula is C12H13ClN4. The minimum atomic E-state index is 0.467. The summed E-state index contributed by atoms with van der Waals surface area (Å²) in [4.78, 5) is 4.03. The van der Waals surface area contributed by atoms with Crippen LogP contribution in [0.3, 0.4) is 0 Å². The molecule has 0 saturated heterocycles. The number of hydrogen-bond acceptors (Lipinski definition) is 4. The number of rotatable bonds is 2. The van der Waals surface area contributed by atoms with E-state index in [0.717, 1.165) is 22.0 Å². The molecule has 0 unspecified atom stereocenters. The van der Waals surface area contributed by atoms with Crippen molar-refractivity contribution < 1.29 is 0 Å². The Balaban J connectivity index is 2.57. The maximum absolute atomic E-state index is 5.86. The van der Waals surface area contributed by atoms with Gasteiger partial charge in [0.05, 0.1) is 5.70 Å². The van der Waals surface area contributed by atoms with E-state index in [1.165, 1.54) is 11.2 Å². The Morgan fingerprint density at radius 3 is 2.76 bits per heavy atom. The minimum Gasteiger partial charge on any atom is -0.403 e. The Morgan fingerprint density at radius 2 is 2.12 bits per heavy atom. The first-order chi connectivity index (χ1) is 8.11. The number of benzene rings is 1. The first-order valence-corrected chi connectivity index (χ1v) is 5.45. The summed E-state index contributed by atoms with van der Waals surface area (Å²) in [5.41, 5.74) is 7.24. The van der Waals surface area contributed by atoms with E-state index in [0.29, 0.717) is 5.15 Å². The summed E-state index contributed by atoms with van der Waals surface area (Å²) in [5.74, 6) is 5.70. The summed E-state index contributed by atoms with van der Waals surface area (Å²) in [5, 5.41) is 3.97. The number of pyridine rings is 1. The lowest BCUT2D eigenvalue weighted by molar-refractivity contribution is 0.510. The van der Waals surface area contributed by atoms with E-state index in [1.807, 2.05) is 24.3 Å². The molecular weight excluding hydrogens is 236 g/mol. The number of hydrogen-bond donors (Lipinski definition) is 2. The van der Waals surface area contributed by atoms with Crippen molar-refractivity contribution in [2.24, 2.45) is 11.6 Å². The van der Waals surface area contributed by atoms with E-state index in [2.05, 4.69) is 4.98 Å². The van der Waals surface area contributed by atoms with E-state index in [4.69, 9.17) is 23.2 Å². The van der Waals surface area contributed by atoms with Gasteiger partial charge in [-0.15, -0.1) is 0 Å². The number of aromatic nitrogens is 1. The SMILES string of the molecule is CN(N)/C(=C\N)c1ccc2cnc(Cl)cc2c1. The number of halogens is 1. The third kappa shape index (κ3) is 2.33. The van der Waals surface area contributed by atoms with E-state index in [9.17, 15) is 0 Å². The highest BCUT2D eigenvalue weighted by atomic mass is 35.5. The number of nitrogens with zero attached hydrogens (tertiary/aromatic N) is 2. The van der Waals surface area contributed by atoms with Gasteiger partial charge in [0, 0.05) is 30.4 Å². The Kier molecular flexibility index (Phi) is 3.17. The topological polar surface area (TPSA) is 68.2 Å².